The first-order valence-corrected chi connectivity index (χ1v) is 6.77. The Morgan fingerprint density at radius 2 is 2.00 bits per heavy atom. The predicted molar refractivity (Wildman–Crippen MR) is 74.2 cm³/mol. The summed E-state index contributed by atoms with van der Waals surface area (Å²) in [6.45, 7) is 5.34. The minimum absolute atomic E-state index is 0.152. The maximum absolute atomic E-state index is 12.4. The molecule has 0 spiro atoms. The van der Waals surface area contributed by atoms with Gasteiger partial charge in [-0.25, -0.2) is 0 Å². The highest BCUT2D eigenvalue weighted by Gasteiger charge is 2.34. The second-order valence-corrected chi connectivity index (χ2v) is 5.08. The van der Waals surface area contributed by atoms with Crippen molar-refractivity contribution in [2.24, 2.45) is 17.6 Å². The third-order valence-corrected chi connectivity index (χ3v) is 3.78. The molecule has 1 saturated carbocycles. The van der Waals surface area contributed by atoms with E-state index in [-0.39, 0.29) is 11.8 Å². The number of anilines is 1. The topological polar surface area (TPSA) is 46.3 Å². The number of nitrogens with zero attached hydrogens (tertiary/aromatic N) is 1. The van der Waals surface area contributed by atoms with Crippen molar-refractivity contribution >= 4 is 11.6 Å². The van der Waals surface area contributed by atoms with Crippen molar-refractivity contribution in [3.05, 3.63) is 29.8 Å². The van der Waals surface area contributed by atoms with E-state index in [2.05, 4.69) is 6.92 Å². The van der Waals surface area contributed by atoms with Crippen molar-refractivity contribution in [2.45, 2.75) is 33.2 Å². The normalized spacial score (nSPS) is 16.4. The van der Waals surface area contributed by atoms with Gasteiger partial charge in [0.05, 0.1) is 0 Å². The van der Waals surface area contributed by atoms with Gasteiger partial charge in [-0.05, 0) is 43.4 Å². The summed E-state index contributed by atoms with van der Waals surface area (Å²) in [6.07, 6.45) is 2.41. The van der Waals surface area contributed by atoms with Crippen LogP contribution in [0, 0.1) is 11.8 Å². The highest BCUT2D eigenvalue weighted by molar-refractivity contribution is 5.95. The lowest BCUT2D eigenvalue weighted by Crippen LogP contribution is -2.35. The van der Waals surface area contributed by atoms with Crippen LogP contribution in [0.4, 0.5) is 5.69 Å². The van der Waals surface area contributed by atoms with Crippen LogP contribution in [-0.2, 0) is 11.3 Å². The van der Waals surface area contributed by atoms with E-state index in [0.29, 0.717) is 12.5 Å². The minimum atomic E-state index is 0.152. The highest BCUT2D eigenvalue weighted by Crippen LogP contribution is 2.38. The molecule has 0 heterocycles. The second-order valence-electron chi connectivity index (χ2n) is 5.08. The fraction of sp³-hybridized carbons (Fsp3) is 0.533. The molecule has 3 nitrogen and oxygen atoms in total. The molecule has 1 aromatic rings. The number of nitrogens with two attached hydrogens (primary N) is 1. The van der Waals surface area contributed by atoms with Crippen LogP contribution in [0.5, 0.6) is 0 Å². The monoisotopic (exact) mass is 246 g/mol. The smallest absolute Gasteiger partial charge is 0.230 e. The lowest BCUT2D eigenvalue weighted by Gasteiger charge is -2.24. The first kappa shape index (κ1) is 13.1. The number of carbonyl (C=O) groups is 1. The molecule has 0 radical (unpaired) electrons. The van der Waals surface area contributed by atoms with Gasteiger partial charge in [-0.1, -0.05) is 19.1 Å². The Bertz CT molecular complexity index is 409. The molecule has 0 bridgehead atoms. The molecule has 18 heavy (non-hydrogen) atoms. The number of benzene rings is 1. The van der Waals surface area contributed by atoms with E-state index in [9.17, 15) is 4.79 Å². The molecule has 3 heteroatoms. The largest absolute Gasteiger partial charge is 0.326 e. The van der Waals surface area contributed by atoms with Crippen LogP contribution < -0.4 is 10.6 Å². The predicted octanol–water partition coefficient (Wildman–Crippen LogP) is 2.54. The molecule has 2 rings (SSSR count). The van der Waals surface area contributed by atoms with E-state index >= 15 is 0 Å². The van der Waals surface area contributed by atoms with Crippen LogP contribution in [-0.4, -0.2) is 12.5 Å². The molecular weight excluding hydrogens is 224 g/mol. The van der Waals surface area contributed by atoms with Crippen LogP contribution in [0.25, 0.3) is 0 Å². The molecule has 98 valence electrons. The van der Waals surface area contributed by atoms with Crippen molar-refractivity contribution in [2.75, 3.05) is 11.4 Å². The number of carbonyl (C=O) groups excluding carboxylic acids is 1. The van der Waals surface area contributed by atoms with Crippen molar-refractivity contribution in [1.82, 2.24) is 0 Å². The zero-order chi connectivity index (χ0) is 13.1. The fourth-order valence-corrected chi connectivity index (χ4v) is 2.32. The van der Waals surface area contributed by atoms with Crippen LogP contribution in [0.2, 0.25) is 0 Å². The first-order valence-electron chi connectivity index (χ1n) is 6.77. The molecule has 1 aromatic carbocycles. The van der Waals surface area contributed by atoms with Crippen molar-refractivity contribution < 1.29 is 4.79 Å². The molecule has 1 amide bonds. The standard InChI is InChI=1S/C15H22N2O/c1-3-17(15(18)11(2)13-6-7-13)14-8-4-12(10-16)5-9-14/h4-5,8-9,11,13H,3,6-7,10,16H2,1-2H3. The van der Waals surface area contributed by atoms with Crippen LogP contribution in [0.15, 0.2) is 24.3 Å². The van der Waals surface area contributed by atoms with Gasteiger partial charge in [0.2, 0.25) is 5.91 Å². The molecule has 0 aliphatic heterocycles. The van der Waals surface area contributed by atoms with Crippen molar-refractivity contribution in [3.63, 3.8) is 0 Å². The van der Waals surface area contributed by atoms with Gasteiger partial charge >= 0.3 is 0 Å². The zero-order valence-corrected chi connectivity index (χ0v) is 11.2. The average Bonchev–Trinajstić information content (AvgIpc) is 3.23. The summed E-state index contributed by atoms with van der Waals surface area (Å²) in [4.78, 5) is 14.3. The van der Waals surface area contributed by atoms with Gasteiger partial charge in [0.25, 0.3) is 0 Å². The van der Waals surface area contributed by atoms with E-state index in [1.54, 1.807) is 0 Å². The lowest BCUT2D eigenvalue weighted by molar-refractivity contribution is -0.122. The number of hydrogen-bond acceptors (Lipinski definition) is 2. The summed E-state index contributed by atoms with van der Waals surface area (Å²) in [7, 11) is 0. The van der Waals surface area contributed by atoms with Gasteiger partial charge in [0.15, 0.2) is 0 Å². The highest BCUT2D eigenvalue weighted by atomic mass is 16.2. The van der Waals surface area contributed by atoms with E-state index in [4.69, 9.17) is 5.73 Å². The average molecular weight is 246 g/mol. The Balaban J connectivity index is 2.13. The Morgan fingerprint density at radius 1 is 1.39 bits per heavy atom. The Kier molecular flexibility index (Phi) is 4.02. The van der Waals surface area contributed by atoms with Gasteiger partial charge in [-0.3, -0.25) is 4.79 Å². The zero-order valence-electron chi connectivity index (χ0n) is 11.2. The summed E-state index contributed by atoms with van der Waals surface area (Å²) in [6, 6.07) is 7.96. The third-order valence-electron chi connectivity index (χ3n) is 3.78. The van der Waals surface area contributed by atoms with Gasteiger partial charge in [0.1, 0.15) is 0 Å². The van der Waals surface area contributed by atoms with E-state index in [1.807, 2.05) is 36.1 Å². The Morgan fingerprint density at radius 3 is 2.44 bits per heavy atom. The molecule has 0 aromatic heterocycles. The van der Waals surface area contributed by atoms with Gasteiger partial charge in [0, 0.05) is 24.7 Å². The molecule has 1 atom stereocenters. The molecule has 1 aliphatic carbocycles. The number of hydrogen-bond donors (Lipinski definition) is 1. The maximum Gasteiger partial charge on any atom is 0.230 e. The van der Waals surface area contributed by atoms with Crippen LogP contribution in [0.3, 0.4) is 0 Å². The van der Waals surface area contributed by atoms with Crippen molar-refractivity contribution in [3.8, 4) is 0 Å². The van der Waals surface area contributed by atoms with Crippen LogP contribution in [0.1, 0.15) is 32.3 Å². The Hall–Kier alpha value is -1.35. The summed E-state index contributed by atoms with van der Waals surface area (Å²) in [5, 5.41) is 0. The summed E-state index contributed by atoms with van der Waals surface area (Å²) < 4.78 is 0. The first-order chi connectivity index (χ1) is 8.67. The fourth-order valence-electron chi connectivity index (χ4n) is 2.32. The molecule has 1 fully saturated rings. The minimum Gasteiger partial charge on any atom is -0.326 e. The van der Waals surface area contributed by atoms with Crippen LogP contribution >= 0.6 is 0 Å². The van der Waals surface area contributed by atoms with E-state index < -0.39 is 0 Å². The van der Waals surface area contributed by atoms with Gasteiger partial charge in [-0.15, -0.1) is 0 Å². The SMILES string of the molecule is CCN(C(=O)C(C)C1CC1)c1ccc(CN)cc1. The van der Waals surface area contributed by atoms with E-state index in [0.717, 1.165) is 17.8 Å². The summed E-state index contributed by atoms with van der Waals surface area (Å²) >= 11 is 0. The Labute approximate surface area is 109 Å². The van der Waals surface area contributed by atoms with Gasteiger partial charge < -0.3 is 10.6 Å². The second kappa shape index (κ2) is 5.53. The van der Waals surface area contributed by atoms with Crippen molar-refractivity contribution in [1.29, 1.82) is 0 Å². The molecule has 2 N–H and O–H groups in total. The molecule has 0 saturated heterocycles. The molecular formula is C15H22N2O. The maximum atomic E-state index is 12.4. The lowest BCUT2D eigenvalue weighted by atomic mass is 10.0. The third kappa shape index (κ3) is 2.72. The van der Waals surface area contributed by atoms with E-state index in [1.165, 1.54) is 12.8 Å². The molecule has 1 aliphatic rings. The molecule has 1 unspecified atom stereocenters. The quantitative estimate of drug-likeness (QED) is 0.868. The number of rotatable bonds is 5. The summed E-state index contributed by atoms with van der Waals surface area (Å²) in [5.74, 6) is 1.01. The summed E-state index contributed by atoms with van der Waals surface area (Å²) in [5.41, 5.74) is 7.66. The van der Waals surface area contributed by atoms with Gasteiger partial charge in [-0.2, -0.15) is 0 Å². The number of amides is 1.